The van der Waals surface area contributed by atoms with Crippen LogP contribution >= 0.6 is 0 Å². The Balaban J connectivity index is 1.06. The van der Waals surface area contributed by atoms with Crippen LogP contribution in [-0.4, -0.2) is 0 Å². The van der Waals surface area contributed by atoms with E-state index in [1.807, 2.05) is 12.1 Å². The fraction of sp³-hybridized carbons (Fsp3) is 0. The van der Waals surface area contributed by atoms with Crippen molar-refractivity contribution < 1.29 is 8.83 Å². The Bertz CT molecular complexity index is 4710. The van der Waals surface area contributed by atoms with Gasteiger partial charge in [-0.15, -0.1) is 0 Å². The summed E-state index contributed by atoms with van der Waals surface area (Å²) in [7, 11) is 0. The molecule has 16 rings (SSSR count). The van der Waals surface area contributed by atoms with Crippen molar-refractivity contribution in [2.24, 2.45) is 0 Å². The van der Waals surface area contributed by atoms with Crippen molar-refractivity contribution in [3.05, 3.63) is 255 Å². The summed E-state index contributed by atoms with van der Waals surface area (Å²) in [5.74, 6) is 0. The Kier molecular flexibility index (Phi) is 8.78. The summed E-state index contributed by atoms with van der Waals surface area (Å²) < 4.78 is 13.1. The summed E-state index contributed by atoms with van der Waals surface area (Å²) in [4.78, 5) is 0. The summed E-state index contributed by atoms with van der Waals surface area (Å²) >= 11 is 0. The molecule has 2 heterocycles. The second kappa shape index (κ2) is 15.9. The van der Waals surface area contributed by atoms with Crippen LogP contribution in [-0.2, 0) is 0 Å². The highest BCUT2D eigenvalue weighted by Gasteiger charge is 2.23. The van der Waals surface area contributed by atoms with E-state index in [4.69, 9.17) is 8.83 Å². The first-order valence-corrected chi connectivity index (χ1v) is 25.5. The molecule has 0 aliphatic rings. The Morgan fingerprint density at radius 1 is 0.176 bits per heavy atom. The van der Waals surface area contributed by atoms with E-state index in [1.54, 1.807) is 0 Å². The molecule has 74 heavy (non-hydrogen) atoms. The van der Waals surface area contributed by atoms with E-state index < -0.39 is 0 Å². The summed E-state index contributed by atoms with van der Waals surface area (Å²) in [5, 5.41) is 18.9. The first kappa shape index (κ1) is 40.9. The predicted octanol–water partition coefficient (Wildman–Crippen LogP) is 20.7. The first-order valence-electron chi connectivity index (χ1n) is 25.5. The number of fused-ring (bicyclic) bond motifs is 12. The lowest BCUT2D eigenvalue weighted by molar-refractivity contribution is 0.668. The van der Waals surface area contributed by atoms with Gasteiger partial charge < -0.3 is 8.83 Å². The summed E-state index contributed by atoms with van der Waals surface area (Å²) in [6, 6.07) is 93.6. The quantitative estimate of drug-likeness (QED) is 0.161. The summed E-state index contributed by atoms with van der Waals surface area (Å²) in [5.41, 5.74) is 15.3. The normalized spacial score (nSPS) is 12.1. The molecule has 14 aromatic carbocycles. The Hall–Kier alpha value is -9.76. The maximum Gasteiger partial charge on any atom is 0.136 e. The Morgan fingerprint density at radius 3 is 0.905 bits per heavy atom. The molecule has 342 valence electrons. The Labute approximate surface area is 425 Å². The van der Waals surface area contributed by atoms with Crippen LogP contribution in [0.1, 0.15) is 0 Å². The van der Waals surface area contributed by atoms with Crippen LogP contribution in [0.25, 0.3) is 164 Å². The highest BCUT2D eigenvalue weighted by atomic mass is 16.3. The fourth-order valence-corrected chi connectivity index (χ4v) is 12.6. The zero-order chi connectivity index (χ0) is 48.4. The third kappa shape index (κ3) is 6.06. The monoisotopic (exact) mass is 938 g/mol. The van der Waals surface area contributed by atoms with E-state index in [0.29, 0.717) is 0 Å². The lowest BCUT2D eigenvalue weighted by atomic mass is 9.81. The molecule has 0 aliphatic heterocycles. The van der Waals surface area contributed by atoms with Crippen molar-refractivity contribution >= 4 is 109 Å². The van der Waals surface area contributed by atoms with Gasteiger partial charge in [-0.3, -0.25) is 0 Å². The van der Waals surface area contributed by atoms with Crippen LogP contribution in [0.15, 0.2) is 264 Å². The third-order valence-corrected chi connectivity index (χ3v) is 15.9. The molecule has 0 amide bonds. The molecule has 2 nitrogen and oxygen atoms in total. The highest BCUT2D eigenvalue weighted by molar-refractivity contribution is 6.29. The maximum atomic E-state index is 6.56. The van der Waals surface area contributed by atoms with Crippen molar-refractivity contribution in [1.29, 1.82) is 0 Å². The molecule has 0 unspecified atom stereocenters. The van der Waals surface area contributed by atoms with Gasteiger partial charge in [-0.25, -0.2) is 0 Å². The van der Waals surface area contributed by atoms with Crippen molar-refractivity contribution in [3.8, 4) is 55.6 Å². The minimum atomic E-state index is 0.878. The van der Waals surface area contributed by atoms with Gasteiger partial charge in [0.05, 0.1) is 0 Å². The molecule has 0 saturated carbocycles. The minimum Gasteiger partial charge on any atom is -0.456 e. The molecule has 0 atom stereocenters. The molecule has 16 aromatic rings. The number of rotatable bonds is 5. The van der Waals surface area contributed by atoms with Gasteiger partial charge in [-0.05, 0) is 169 Å². The minimum absolute atomic E-state index is 0.878. The van der Waals surface area contributed by atoms with Crippen LogP contribution < -0.4 is 0 Å². The van der Waals surface area contributed by atoms with E-state index in [9.17, 15) is 0 Å². The zero-order valence-electron chi connectivity index (χ0n) is 40.1. The van der Waals surface area contributed by atoms with Gasteiger partial charge in [-0.2, -0.15) is 0 Å². The summed E-state index contributed by atoms with van der Waals surface area (Å²) in [6.45, 7) is 0. The van der Waals surface area contributed by atoms with Crippen LogP contribution in [0.5, 0.6) is 0 Å². The second-order valence-electron chi connectivity index (χ2n) is 19.8. The van der Waals surface area contributed by atoms with E-state index in [1.165, 1.54) is 98.0 Å². The van der Waals surface area contributed by atoms with Crippen LogP contribution in [0, 0.1) is 0 Å². The van der Waals surface area contributed by atoms with E-state index in [0.717, 1.165) is 66.1 Å². The molecular weight excluding hydrogens is 897 g/mol. The third-order valence-electron chi connectivity index (χ3n) is 15.9. The molecule has 0 saturated heterocycles. The van der Waals surface area contributed by atoms with Gasteiger partial charge in [0.2, 0.25) is 0 Å². The molecular formula is C72H42O2. The zero-order valence-corrected chi connectivity index (χ0v) is 40.1. The smallest absolute Gasteiger partial charge is 0.136 e. The number of para-hydroxylation sites is 2. The lowest BCUT2D eigenvalue weighted by Gasteiger charge is -2.22. The number of furan rings is 2. The van der Waals surface area contributed by atoms with E-state index in [2.05, 4.69) is 243 Å². The maximum absolute atomic E-state index is 6.56. The van der Waals surface area contributed by atoms with Gasteiger partial charge in [0.25, 0.3) is 0 Å². The first-order chi connectivity index (χ1) is 36.7. The SMILES string of the molecule is c1ccc2c(-c3cccc4c(-c5c6cccc(-c7ccc8c(c7)oc7ccccc78)c6cc6c(-c7ccc8c(c7)oc7ccccc78)cccc56)c5cccc(-c6cccc7ccccc67)c5cc34)cccc2c1. The van der Waals surface area contributed by atoms with Crippen LogP contribution in [0.3, 0.4) is 0 Å². The second-order valence-corrected chi connectivity index (χ2v) is 19.8. The fourth-order valence-electron chi connectivity index (χ4n) is 12.6. The van der Waals surface area contributed by atoms with Gasteiger partial charge in [0.1, 0.15) is 22.3 Å². The molecule has 0 bridgehead atoms. The molecule has 2 heteroatoms. The molecule has 0 radical (unpaired) electrons. The van der Waals surface area contributed by atoms with Crippen molar-refractivity contribution in [2.75, 3.05) is 0 Å². The number of hydrogen-bond donors (Lipinski definition) is 0. The number of hydrogen-bond acceptors (Lipinski definition) is 2. The predicted molar refractivity (Wildman–Crippen MR) is 313 cm³/mol. The molecule has 0 fully saturated rings. The van der Waals surface area contributed by atoms with Gasteiger partial charge in [0.15, 0.2) is 0 Å². The standard InChI is InChI=1S/C72H42O2/c1-3-19-47-43(15-1)17-9-25-51(47)53-27-13-31-61-65(53)42-66-54(52-26-10-18-44-16-2-4-20-48(44)52)28-14-32-62(66)72(61)71-59-29-11-23-49(45-35-37-57-55-21-5-7-33-67(55)73-69(57)39-45)63(59)41-64-50(24-12-30-60(64)71)46-36-38-58-56-22-6-8-34-68(56)74-70(58)40-46/h1-42H. The average Bonchev–Trinajstić information content (AvgIpc) is 4.03. The molecule has 0 aliphatic carbocycles. The van der Waals surface area contributed by atoms with E-state index >= 15 is 0 Å². The summed E-state index contributed by atoms with van der Waals surface area (Å²) in [6.07, 6.45) is 0. The lowest BCUT2D eigenvalue weighted by Crippen LogP contribution is -1.95. The van der Waals surface area contributed by atoms with Gasteiger partial charge in [-0.1, -0.05) is 206 Å². The largest absolute Gasteiger partial charge is 0.456 e. The van der Waals surface area contributed by atoms with Crippen LogP contribution in [0.2, 0.25) is 0 Å². The van der Waals surface area contributed by atoms with Crippen molar-refractivity contribution in [3.63, 3.8) is 0 Å². The average molecular weight is 939 g/mol. The molecule has 0 spiro atoms. The highest BCUT2D eigenvalue weighted by Crippen LogP contribution is 2.51. The number of benzene rings is 14. The van der Waals surface area contributed by atoms with Crippen molar-refractivity contribution in [2.45, 2.75) is 0 Å². The van der Waals surface area contributed by atoms with Gasteiger partial charge in [0, 0.05) is 21.5 Å². The van der Waals surface area contributed by atoms with Crippen LogP contribution in [0.4, 0.5) is 0 Å². The molecule has 2 aromatic heterocycles. The van der Waals surface area contributed by atoms with Gasteiger partial charge >= 0.3 is 0 Å². The molecule has 0 N–H and O–H groups in total. The van der Waals surface area contributed by atoms with Crippen molar-refractivity contribution in [1.82, 2.24) is 0 Å². The van der Waals surface area contributed by atoms with E-state index in [-0.39, 0.29) is 0 Å². The topological polar surface area (TPSA) is 26.3 Å². The Morgan fingerprint density at radius 2 is 0.473 bits per heavy atom.